The molecule has 4 heterocycles. The number of likely N-dealkylation sites (N-methyl/N-ethyl adjacent to an activating group) is 4. The summed E-state index contributed by atoms with van der Waals surface area (Å²) in [6.07, 6.45) is 1.16. The van der Waals surface area contributed by atoms with Crippen molar-refractivity contribution in [2.24, 2.45) is 0 Å². The number of nitrogens with zero attached hydrogens (tertiary/aromatic N) is 11. The molecule has 0 aliphatic carbocycles. The van der Waals surface area contributed by atoms with Crippen molar-refractivity contribution in [1.29, 1.82) is 0 Å². The van der Waals surface area contributed by atoms with Gasteiger partial charge in [0.2, 0.25) is 29.6 Å². The molecule has 92 heavy (non-hydrogen) atoms. The minimum Gasteiger partial charge on any atom is -0.480 e. The number of aromatic nitrogens is 4. The number of nitrogen functional groups attached to an aromatic ring is 1. The number of hydrogen-bond donors (Lipinski definition) is 10. The number of carboxylic acid groups (broad SMARTS) is 2. The van der Waals surface area contributed by atoms with E-state index in [2.05, 4.69) is 99.1 Å². The lowest BCUT2D eigenvalue weighted by Crippen LogP contribution is -2.48. The summed E-state index contributed by atoms with van der Waals surface area (Å²) in [5, 5.41) is 36.8. The van der Waals surface area contributed by atoms with Crippen molar-refractivity contribution < 1.29 is 43.8 Å². The van der Waals surface area contributed by atoms with E-state index in [1.54, 1.807) is 72.8 Å². The number of aromatic amines is 1. The molecule has 2 aliphatic rings. The number of hydrogen-bond acceptors (Lipinski definition) is 21. The van der Waals surface area contributed by atoms with Crippen LogP contribution in [0.1, 0.15) is 56.6 Å². The Morgan fingerprint density at radius 3 is 1.27 bits per heavy atom. The summed E-state index contributed by atoms with van der Waals surface area (Å²) in [5.41, 5.74) is 8.29. The Bertz CT molecular complexity index is 3290. The lowest BCUT2D eigenvalue weighted by atomic mass is 10.1. The Labute approximate surface area is 536 Å². The van der Waals surface area contributed by atoms with E-state index >= 15 is 0 Å². The van der Waals surface area contributed by atoms with E-state index in [0.29, 0.717) is 86.5 Å². The van der Waals surface area contributed by atoms with Crippen LogP contribution in [-0.2, 0) is 35.3 Å². The fraction of sp³-hybridized carbons (Fsp3) is 0.508. The second kappa shape index (κ2) is 36.5. The molecule has 1 atom stereocenters. The maximum Gasteiger partial charge on any atom is 0.317 e. The normalized spacial score (nSPS) is 16.8. The molecule has 5 aromatic rings. The zero-order chi connectivity index (χ0) is 65.9. The molecule has 3 aromatic carbocycles. The highest BCUT2D eigenvalue weighted by molar-refractivity contribution is 6.02. The Kier molecular flexibility index (Phi) is 28.1. The highest BCUT2D eigenvalue weighted by Crippen LogP contribution is 2.19. The van der Waals surface area contributed by atoms with Crippen molar-refractivity contribution >= 4 is 87.0 Å². The summed E-state index contributed by atoms with van der Waals surface area (Å²) >= 11 is 0. The van der Waals surface area contributed by atoms with E-state index in [1.165, 1.54) is 6.20 Å². The van der Waals surface area contributed by atoms with E-state index in [0.717, 1.165) is 78.5 Å². The first kappa shape index (κ1) is 70.9. The maximum atomic E-state index is 14.2. The molecule has 29 nitrogen and oxygen atoms in total. The van der Waals surface area contributed by atoms with E-state index in [-0.39, 0.29) is 80.1 Å². The predicted molar refractivity (Wildman–Crippen MR) is 354 cm³/mol. The zero-order valence-corrected chi connectivity index (χ0v) is 53.3. The van der Waals surface area contributed by atoms with Gasteiger partial charge < -0.3 is 67.4 Å². The second-order valence-electron chi connectivity index (χ2n) is 22.9. The maximum absolute atomic E-state index is 14.2. The van der Waals surface area contributed by atoms with E-state index in [4.69, 9.17) is 5.73 Å². The Balaban J connectivity index is 0.969. The molecule has 2 fully saturated rings. The summed E-state index contributed by atoms with van der Waals surface area (Å²) in [6.45, 7) is 22.9. The molecular formula is C63H91N19O10. The number of H-pyrrole nitrogens is 1. The molecule has 2 aliphatic heterocycles. The molecule has 0 saturated carbocycles. The number of carbonyl (C=O) groups excluding carboxylic acids is 5. The van der Waals surface area contributed by atoms with Crippen LogP contribution >= 0.6 is 0 Å². The van der Waals surface area contributed by atoms with Crippen LogP contribution in [-0.4, -0.2) is 274 Å². The minimum atomic E-state index is -1.21. The molecule has 0 spiro atoms. The zero-order valence-electron chi connectivity index (χ0n) is 53.3. The largest absolute Gasteiger partial charge is 0.480 e. The summed E-state index contributed by atoms with van der Waals surface area (Å²) in [6, 6.07) is 18.4. The third-order valence-corrected chi connectivity index (χ3v) is 16.4. The van der Waals surface area contributed by atoms with Gasteiger partial charge in [0.15, 0.2) is 11.2 Å². The number of nitrogens with two attached hydrogens (primary N) is 1. The summed E-state index contributed by atoms with van der Waals surface area (Å²) in [7, 11) is 0. The van der Waals surface area contributed by atoms with Gasteiger partial charge in [0, 0.05) is 145 Å². The van der Waals surface area contributed by atoms with Crippen molar-refractivity contribution in [2.45, 2.75) is 53.1 Å². The van der Waals surface area contributed by atoms with Crippen LogP contribution in [0.5, 0.6) is 0 Å². The molecule has 5 amide bonds. The number of carboxylic acids is 2. The van der Waals surface area contributed by atoms with Gasteiger partial charge in [-0.2, -0.15) is 4.98 Å². The second-order valence-corrected chi connectivity index (χ2v) is 22.9. The monoisotopic (exact) mass is 1270 g/mol. The minimum absolute atomic E-state index is 0.0305. The number of aliphatic carboxylic acids is 2. The van der Waals surface area contributed by atoms with Gasteiger partial charge in [0.05, 0.1) is 44.6 Å². The molecular weight excluding hydrogens is 1180 g/mol. The van der Waals surface area contributed by atoms with Gasteiger partial charge in [-0.1, -0.05) is 27.7 Å². The summed E-state index contributed by atoms with van der Waals surface area (Å²) in [5.74, 6) is -4.03. The van der Waals surface area contributed by atoms with Crippen LogP contribution < -0.4 is 43.2 Å². The van der Waals surface area contributed by atoms with Crippen molar-refractivity contribution in [3.8, 4) is 0 Å². The Morgan fingerprint density at radius 1 is 0.500 bits per heavy atom. The first-order chi connectivity index (χ1) is 44.3. The van der Waals surface area contributed by atoms with Crippen LogP contribution in [0.25, 0.3) is 11.2 Å². The van der Waals surface area contributed by atoms with Crippen molar-refractivity contribution in [1.82, 2.24) is 64.5 Å². The number of carbonyl (C=O) groups is 7. The molecule has 0 bridgehead atoms. The molecule has 0 radical (unpaired) electrons. The predicted octanol–water partition coefficient (Wildman–Crippen LogP) is 1.63. The smallest absolute Gasteiger partial charge is 0.317 e. The number of rotatable bonds is 25. The SMILES string of the molecule is CCN1CCN(CC)CCN(CC(=O)Nc2ccc(NC(=O)CCC(NC(=O)c3ccc(NCc4cnc5nc(N)[nH]c(=O)c5n4)cc3)C(=O)Nc3ccc(NC(=O)CN4CCN(CC)CCN(CC)CCN(CC(=O)O)CC4)cc3)cc2)CCN(CC(=O)O)CC1. The van der Waals surface area contributed by atoms with Crippen LogP contribution in [0.15, 0.2) is 83.8 Å². The van der Waals surface area contributed by atoms with Crippen LogP contribution in [0.3, 0.4) is 0 Å². The number of nitrogens with one attached hydrogen (secondary N) is 7. The lowest BCUT2D eigenvalue weighted by Gasteiger charge is -2.33. The van der Waals surface area contributed by atoms with Crippen LogP contribution in [0.4, 0.5) is 34.4 Å². The van der Waals surface area contributed by atoms with Gasteiger partial charge in [-0.25, -0.2) is 9.97 Å². The van der Waals surface area contributed by atoms with E-state index < -0.39 is 41.3 Å². The molecule has 1 unspecified atom stereocenters. The third-order valence-electron chi connectivity index (χ3n) is 16.4. The van der Waals surface area contributed by atoms with Gasteiger partial charge in [-0.3, -0.25) is 62.9 Å². The molecule has 2 aromatic heterocycles. The average Bonchev–Trinajstić information content (AvgIpc) is 0.929. The summed E-state index contributed by atoms with van der Waals surface area (Å²) < 4.78 is 0. The van der Waals surface area contributed by atoms with Gasteiger partial charge >= 0.3 is 11.9 Å². The van der Waals surface area contributed by atoms with Gasteiger partial charge in [-0.05, 0) is 105 Å². The van der Waals surface area contributed by atoms with Gasteiger partial charge in [0.1, 0.15) is 6.04 Å². The molecule has 2 saturated heterocycles. The van der Waals surface area contributed by atoms with Gasteiger partial charge in [0.25, 0.3) is 11.5 Å². The lowest BCUT2D eigenvalue weighted by molar-refractivity contribution is -0.139. The van der Waals surface area contributed by atoms with Gasteiger partial charge in [-0.15, -0.1) is 0 Å². The van der Waals surface area contributed by atoms with Crippen molar-refractivity contribution in [3.63, 3.8) is 0 Å². The molecule has 11 N–H and O–H groups in total. The highest BCUT2D eigenvalue weighted by Gasteiger charge is 2.25. The topological polar surface area (TPSA) is 356 Å². The first-order valence-electron chi connectivity index (χ1n) is 31.6. The number of amides is 5. The number of benzene rings is 3. The molecule has 29 heteroatoms. The van der Waals surface area contributed by atoms with Crippen LogP contribution in [0.2, 0.25) is 0 Å². The fourth-order valence-electron chi connectivity index (χ4n) is 10.7. The molecule has 498 valence electrons. The van der Waals surface area contributed by atoms with E-state index in [1.807, 2.05) is 19.6 Å². The standard InChI is InChI=1S/C63H91N19O10/c1-5-75-23-25-77(7-3)29-33-81(43-56(86)87)37-35-79(31-27-75)41-54(84)68-48-15-13-47(14-16-48)67-53(83)22-21-52(72-60(90)45-9-11-46(12-10-45)65-39-51-40-66-59-58(70-51)62(92)74-63(64)73-59)61(91)71-50-19-17-49(18-20-50)69-55(85)42-80-32-28-76(6-2)24-26-78(8-4)30-34-82(38-36-80)44-57(88)89/h9-20,40,52,65H,5-8,21-39,41-44H2,1-4H3,(H,67,83)(H,68,84)(H,69,85)(H,71,91)(H,72,90)(H,86,87)(H,88,89)(H3,64,66,73,74,92). The quantitative estimate of drug-likeness (QED) is 0.0397. The fourth-order valence-corrected chi connectivity index (χ4v) is 10.7. The summed E-state index contributed by atoms with van der Waals surface area (Å²) in [4.78, 5) is 137. The number of fused-ring (bicyclic) bond motifs is 1. The first-order valence-corrected chi connectivity index (χ1v) is 31.6. The third kappa shape index (κ3) is 23.9. The Morgan fingerprint density at radius 2 is 0.870 bits per heavy atom. The molecule has 7 rings (SSSR count). The van der Waals surface area contributed by atoms with E-state index in [9.17, 15) is 48.6 Å². The average molecular weight is 1270 g/mol. The Hall–Kier alpha value is -8.55. The van der Waals surface area contributed by atoms with Crippen LogP contribution in [0, 0.1) is 0 Å². The number of anilines is 6. The highest BCUT2D eigenvalue weighted by atomic mass is 16.4. The van der Waals surface area contributed by atoms with Crippen molar-refractivity contribution in [2.75, 3.05) is 189 Å². The van der Waals surface area contributed by atoms with Crippen molar-refractivity contribution in [3.05, 3.63) is 101 Å².